The maximum Gasteiger partial charge on any atom is 0.433 e. The summed E-state index contributed by atoms with van der Waals surface area (Å²) >= 11 is 0. The Hall–Kier alpha value is -3.81. The van der Waals surface area contributed by atoms with Gasteiger partial charge in [0.1, 0.15) is 11.4 Å². The normalized spacial score (nSPS) is 11.2. The van der Waals surface area contributed by atoms with Crippen LogP contribution in [0.25, 0.3) is 11.5 Å². The summed E-state index contributed by atoms with van der Waals surface area (Å²) in [5, 5.41) is 14.8. The van der Waals surface area contributed by atoms with Crippen molar-refractivity contribution in [3.05, 3.63) is 47.9 Å². The highest BCUT2D eigenvalue weighted by atomic mass is 19.4. The van der Waals surface area contributed by atoms with Gasteiger partial charge in [-0.3, -0.25) is 4.98 Å². The summed E-state index contributed by atoms with van der Waals surface area (Å²) in [5.41, 5.74) is 0.0438. The van der Waals surface area contributed by atoms with E-state index >= 15 is 0 Å². The molecule has 0 spiro atoms. The topological polar surface area (TPSA) is 112 Å². The van der Waals surface area contributed by atoms with E-state index in [1.807, 2.05) is 19.9 Å². The third kappa shape index (κ3) is 5.38. The zero-order valence-electron chi connectivity index (χ0n) is 16.1. The number of halogens is 3. The maximum atomic E-state index is 13.0. The summed E-state index contributed by atoms with van der Waals surface area (Å²) in [4.78, 5) is 20.4. The van der Waals surface area contributed by atoms with E-state index in [0.29, 0.717) is 11.4 Å². The van der Waals surface area contributed by atoms with Crippen LogP contribution in [0, 0.1) is 11.3 Å². The maximum absolute atomic E-state index is 13.0. The second-order valence-electron chi connectivity index (χ2n) is 6.51. The number of hydrogen-bond acceptors (Lipinski definition) is 8. The van der Waals surface area contributed by atoms with E-state index < -0.39 is 11.9 Å². The monoisotopic (exact) mass is 414 g/mol. The fraction of sp³-hybridized carbons (Fsp3) is 0.263. The predicted molar refractivity (Wildman–Crippen MR) is 104 cm³/mol. The van der Waals surface area contributed by atoms with Gasteiger partial charge in [-0.2, -0.15) is 33.4 Å². The van der Waals surface area contributed by atoms with Crippen LogP contribution in [0.4, 0.5) is 30.8 Å². The molecule has 0 aliphatic rings. The van der Waals surface area contributed by atoms with Gasteiger partial charge in [0.25, 0.3) is 0 Å². The number of pyridine rings is 2. The molecular formula is C19H17F3N8. The Morgan fingerprint density at radius 2 is 1.83 bits per heavy atom. The lowest BCUT2D eigenvalue weighted by molar-refractivity contribution is -0.141. The van der Waals surface area contributed by atoms with Crippen molar-refractivity contribution in [2.45, 2.75) is 32.5 Å². The van der Waals surface area contributed by atoms with Crippen molar-refractivity contribution < 1.29 is 13.2 Å². The lowest BCUT2D eigenvalue weighted by Gasteiger charge is -2.13. The van der Waals surface area contributed by atoms with Crippen LogP contribution in [0.15, 0.2) is 36.5 Å². The standard InChI is InChI=1S/C19H17F3N8/c1-11(2)25-17-28-16(14-4-3-5-15(27-14)19(20,21)22)29-18(30-17)26-13-7-9-24-12(10-13)6-8-23/h3-5,7,9-11H,6H2,1-2H3,(H2,24,25,26,28,29,30). The Morgan fingerprint density at radius 1 is 1.07 bits per heavy atom. The van der Waals surface area contributed by atoms with Crippen LogP contribution in [-0.2, 0) is 12.6 Å². The predicted octanol–water partition coefficient (Wildman–Crippen LogP) is 3.98. The summed E-state index contributed by atoms with van der Waals surface area (Å²) in [6, 6.07) is 8.82. The molecule has 0 aliphatic carbocycles. The SMILES string of the molecule is CC(C)Nc1nc(Nc2ccnc(CC#N)c2)nc(-c2cccc(C(F)(F)F)n2)n1. The average molecular weight is 414 g/mol. The van der Waals surface area contributed by atoms with Crippen molar-refractivity contribution >= 4 is 17.6 Å². The Bertz CT molecular complexity index is 1080. The molecule has 3 heterocycles. The Labute approximate surface area is 170 Å². The fourth-order valence-electron chi connectivity index (χ4n) is 2.45. The second-order valence-corrected chi connectivity index (χ2v) is 6.51. The van der Waals surface area contributed by atoms with Crippen molar-refractivity contribution in [2.24, 2.45) is 0 Å². The minimum Gasteiger partial charge on any atom is -0.352 e. The van der Waals surface area contributed by atoms with Gasteiger partial charge in [-0.1, -0.05) is 6.07 Å². The molecule has 3 rings (SSSR count). The van der Waals surface area contributed by atoms with Crippen molar-refractivity contribution in [1.29, 1.82) is 5.26 Å². The lowest BCUT2D eigenvalue weighted by Crippen LogP contribution is -2.15. The number of rotatable bonds is 6. The van der Waals surface area contributed by atoms with Crippen molar-refractivity contribution in [2.75, 3.05) is 10.6 Å². The van der Waals surface area contributed by atoms with Crippen LogP contribution >= 0.6 is 0 Å². The number of aromatic nitrogens is 5. The third-order valence-corrected chi connectivity index (χ3v) is 3.65. The highest BCUT2D eigenvalue weighted by Gasteiger charge is 2.32. The highest BCUT2D eigenvalue weighted by Crippen LogP contribution is 2.29. The number of nitrogens with zero attached hydrogens (tertiary/aromatic N) is 6. The first-order valence-corrected chi connectivity index (χ1v) is 8.91. The molecule has 2 N–H and O–H groups in total. The molecule has 0 aliphatic heterocycles. The fourth-order valence-corrected chi connectivity index (χ4v) is 2.45. The number of alkyl halides is 3. The molecule has 154 valence electrons. The zero-order valence-corrected chi connectivity index (χ0v) is 16.1. The van der Waals surface area contributed by atoms with Crippen LogP contribution in [-0.4, -0.2) is 31.0 Å². The van der Waals surface area contributed by atoms with Gasteiger partial charge in [0.05, 0.1) is 18.2 Å². The van der Waals surface area contributed by atoms with E-state index in [4.69, 9.17) is 5.26 Å². The zero-order chi connectivity index (χ0) is 21.7. The first kappa shape index (κ1) is 20.9. The molecular weight excluding hydrogens is 397 g/mol. The molecule has 0 fully saturated rings. The van der Waals surface area contributed by atoms with E-state index in [0.717, 1.165) is 6.07 Å². The van der Waals surface area contributed by atoms with Crippen LogP contribution in [0.3, 0.4) is 0 Å². The number of nitriles is 1. The van der Waals surface area contributed by atoms with Crippen LogP contribution in [0.1, 0.15) is 25.2 Å². The van der Waals surface area contributed by atoms with Gasteiger partial charge >= 0.3 is 6.18 Å². The van der Waals surface area contributed by atoms with Gasteiger partial charge < -0.3 is 10.6 Å². The third-order valence-electron chi connectivity index (χ3n) is 3.65. The van der Waals surface area contributed by atoms with Crippen LogP contribution < -0.4 is 10.6 Å². The van der Waals surface area contributed by atoms with E-state index in [1.165, 1.54) is 18.3 Å². The molecule has 0 atom stereocenters. The van der Waals surface area contributed by atoms with Crippen molar-refractivity contribution in [3.63, 3.8) is 0 Å². The summed E-state index contributed by atoms with van der Waals surface area (Å²) in [7, 11) is 0. The molecule has 11 heteroatoms. The molecule has 0 radical (unpaired) electrons. The summed E-state index contributed by atoms with van der Waals surface area (Å²) in [6.45, 7) is 3.74. The van der Waals surface area contributed by atoms with Crippen LogP contribution in [0.2, 0.25) is 0 Å². The smallest absolute Gasteiger partial charge is 0.352 e. The molecule has 30 heavy (non-hydrogen) atoms. The van der Waals surface area contributed by atoms with Gasteiger partial charge in [0.2, 0.25) is 11.9 Å². The molecule has 3 aromatic heterocycles. The van der Waals surface area contributed by atoms with Gasteiger partial charge in [0.15, 0.2) is 5.82 Å². The molecule has 0 aromatic carbocycles. The van der Waals surface area contributed by atoms with E-state index in [1.54, 1.807) is 12.1 Å². The largest absolute Gasteiger partial charge is 0.433 e. The number of anilines is 3. The molecule has 0 bridgehead atoms. The molecule has 0 amide bonds. The lowest BCUT2D eigenvalue weighted by atomic mass is 10.2. The van der Waals surface area contributed by atoms with Gasteiger partial charge in [-0.15, -0.1) is 0 Å². The molecule has 0 unspecified atom stereocenters. The van der Waals surface area contributed by atoms with Gasteiger partial charge in [0, 0.05) is 17.9 Å². The summed E-state index contributed by atoms with van der Waals surface area (Å²) in [6.07, 6.45) is -2.93. The Balaban J connectivity index is 2.01. The van der Waals surface area contributed by atoms with Gasteiger partial charge in [-0.05, 0) is 38.1 Å². The summed E-state index contributed by atoms with van der Waals surface area (Å²) in [5.74, 6) is 0.271. The Kier molecular flexibility index (Phi) is 6.06. The van der Waals surface area contributed by atoms with Crippen molar-refractivity contribution in [1.82, 2.24) is 24.9 Å². The first-order valence-electron chi connectivity index (χ1n) is 8.91. The molecule has 3 aromatic rings. The minimum absolute atomic E-state index is 0.0203. The van der Waals surface area contributed by atoms with E-state index in [9.17, 15) is 13.2 Å². The quantitative estimate of drug-likeness (QED) is 0.623. The van der Waals surface area contributed by atoms with E-state index in [-0.39, 0.29) is 35.9 Å². The highest BCUT2D eigenvalue weighted by molar-refractivity contribution is 5.59. The summed E-state index contributed by atoms with van der Waals surface area (Å²) < 4.78 is 39.1. The van der Waals surface area contributed by atoms with Crippen molar-refractivity contribution in [3.8, 4) is 17.6 Å². The van der Waals surface area contributed by atoms with Gasteiger partial charge in [-0.25, -0.2) is 4.98 Å². The first-order chi connectivity index (χ1) is 14.2. The number of nitrogens with one attached hydrogen (secondary N) is 2. The molecule has 0 saturated heterocycles. The average Bonchev–Trinajstić information content (AvgIpc) is 2.67. The minimum atomic E-state index is -4.59. The molecule has 0 saturated carbocycles. The second kappa shape index (κ2) is 8.69. The number of hydrogen-bond donors (Lipinski definition) is 2. The van der Waals surface area contributed by atoms with Crippen LogP contribution in [0.5, 0.6) is 0 Å². The Morgan fingerprint density at radius 3 is 2.53 bits per heavy atom. The molecule has 8 nitrogen and oxygen atoms in total. The van der Waals surface area contributed by atoms with E-state index in [2.05, 4.69) is 35.6 Å².